The van der Waals surface area contributed by atoms with Crippen molar-refractivity contribution in [3.63, 3.8) is 0 Å². The number of amides is 7. The van der Waals surface area contributed by atoms with E-state index in [2.05, 4.69) is 26.6 Å². The number of carbonyl (C=O) groups is 9. The number of cyclic esters (lactones) is 1. The number of fused-ring (bicyclic) bond motifs is 2. The molecule has 2 saturated heterocycles. The van der Waals surface area contributed by atoms with E-state index >= 15 is 4.79 Å². The zero-order valence-electron chi connectivity index (χ0n) is 41.2. The van der Waals surface area contributed by atoms with Gasteiger partial charge in [-0.2, -0.15) is 0 Å². The number of hydrogen-bond donors (Lipinski definition) is 8. The number of hydrogen-bond acceptors (Lipinski definition) is 12. The van der Waals surface area contributed by atoms with Crippen LogP contribution in [0.15, 0.2) is 84.9 Å². The summed E-state index contributed by atoms with van der Waals surface area (Å²) in [6.07, 6.45) is -2.71. The van der Waals surface area contributed by atoms with Gasteiger partial charge in [0, 0.05) is 32.7 Å². The molecule has 9 atom stereocenters. The van der Waals surface area contributed by atoms with E-state index in [9.17, 15) is 53.7 Å². The van der Waals surface area contributed by atoms with Gasteiger partial charge in [0.1, 0.15) is 60.4 Å². The number of piperidine rings is 1. The molecular formula is C52H67N7O13. The monoisotopic (exact) mass is 997 g/mol. The van der Waals surface area contributed by atoms with Gasteiger partial charge in [-0.25, -0.2) is 4.79 Å². The number of carbonyl (C=O) groups excluding carboxylic acids is 8. The van der Waals surface area contributed by atoms with Crippen molar-refractivity contribution in [3.8, 4) is 5.75 Å². The average Bonchev–Trinajstić information content (AvgIpc) is 3.34. The minimum Gasteiger partial charge on any atom is -0.508 e. The quantitative estimate of drug-likeness (QED) is 0.0750. The minimum atomic E-state index is -1.86. The number of nitrogens with one attached hydrogen (secondary N) is 5. The molecule has 0 saturated carbocycles. The average molecular weight is 998 g/mol. The van der Waals surface area contributed by atoms with Crippen molar-refractivity contribution in [2.75, 3.05) is 7.05 Å². The Bertz CT molecular complexity index is 2390. The summed E-state index contributed by atoms with van der Waals surface area (Å²) in [6, 6.07) is 12.4. The van der Waals surface area contributed by atoms with Crippen LogP contribution >= 0.6 is 0 Å². The maximum Gasteiger partial charge on any atom is 0.329 e. The first-order valence-corrected chi connectivity index (χ1v) is 24.3. The molecule has 20 heteroatoms. The maximum atomic E-state index is 15.1. The number of phenols is 1. The summed E-state index contributed by atoms with van der Waals surface area (Å²) in [7, 11) is 1.35. The van der Waals surface area contributed by atoms with E-state index in [-0.39, 0.29) is 44.3 Å². The fourth-order valence-electron chi connectivity index (χ4n) is 8.69. The summed E-state index contributed by atoms with van der Waals surface area (Å²) < 4.78 is 5.87. The number of nitrogens with zero attached hydrogens (tertiary/aromatic N) is 2. The van der Waals surface area contributed by atoms with Crippen LogP contribution in [0.3, 0.4) is 0 Å². The number of phenolic OH excluding ortho intramolecular Hbond substituents is 1. The first-order chi connectivity index (χ1) is 34.3. The Labute approximate surface area is 418 Å². The van der Waals surface area contributed by atoms with Gasteiger partial charge < -0.3 is 56.4 Å². The third-order valence-electron chi connectivity index (χ3n) is 12.8. The van der Waals surface area contributed by atoms with Crippen LogP contribution in [-0.4, -0.2) is 140 Å². The molecule has 3 aromatic carbocycles. The highest BCUT2D eigenvalue weighted by Gasteiger charge is 2.46. The lowest BCUT2D eigenvalue weighted by atomic mass is 9.95. The van der Waals surface area contributed by atoms with Gasteiger partial charge in [0.2, 0.25) is 41.4 Å². The number of aliphatic carboxylic acids is 1. The second kappa shape index (κ2) is 26.2. The third-order valence-corrected chi connectivity index (χ3v) is 12.8. The topological polar surface area (TPSA) is 290 Å². The van der Waals surface area contributed by atoms with E-state index in [0.29, 0.717) is 29.5 Å². The molecule has 388 valence electrons. The van der Waals surface area contributed by atoms with Gasteiger partial charge in [-0.1, -0.05) is 106 Å². The van der Waals surface area contributed by atoms with Gasteiger partial charge in [0.05, 0.1) is 6.42 Å². The van der Waals surface area contributed by atoms with Crippen molar-refractivity contribution in [1.82, 2.24) is 36.4 Å². The number of aliphatic hydroxyl groups excluding tert-OH is 1. The molecule has 3 aromatic rings. The number of esters is 1. The number of unbranched alkanes of at least 4 members (excludes halogenated alkanes) is 2. The van der Waals surface area contributed by atoms with E-state index in [4.69, 9.17) is 4.74 Å². The summed E-state index contributed by atoms with van der Waals surface area (Å²) in [4.78, 5) is 129. The Morgan fingerprint density at radius 1 is 0.750 bits per heavy atom. The van der Waals surface area contributed by atoms with Crippen LogP contribution in [0.5, 0.6) is 5.75 Å². The van der Waals surface area contributed by atoms with E-state index in [1.54, 1.807) is 86.6 Å². The zero-order chi connectivity index (χ0) is 52.6. The molecule has 8 N–H and O–H groups in total. The van der Waals surface area contributed by atoms with E-state index in [0.717, 1.165) is 16.2 Å². The molecule has 0 aliphatic carbocycles. The summed E-state index contributed by atoms with van der Waals surface area (Å²) in [5, 5.41) is 44.3. The molecule has 0 aromatic heterocycles. The van der Waals surface area contributed by atoms with Crippen molar-refractivity contribution < 1.29 is 63.2 Å². The van der Waals surface area contributed by atoms with Gasteiger partial charge in [0.25, 0.3) is 0 Å². The van der Waals surface area contributed by atoms with Crippen LogP contribution in [0.1, 0.15) is 89.3 Å². The van der Waals surface area contributed by atoms with E-state index in [1.807, 2.05) is 6.92 Å². The van der Waals surface area contributed by atoms with Crippen LogP contribution in [0.4, 0.5) is 0 Å². The summed E-state index contributed by atoms with van der Waals surface area (Å²) in [5.74, 6) is -9.42. The Morgan fingerprint density at radius 3 is 1.94 bits per heavy atom. The number of carboxylic acid groups (broad SMARTS) is 1. The van der Waals surface area contributed by atoms with Crippen LogP contribution in [-0.2, 0) is 67.2 Å². The molecule has 2 heterocycles. The molecule has 72 heavy (non-hydrogen) atoms. The highest BCUT2D eigenvalue weighted by Crippen LogP contribution is 2.26. The third kappa shape index (κ3) is 15.3. The molecule has 7 amide bonds. The number of ether oxygens (including phenoxy) is 1. The van der Waals surface area contributed by atoms with Gasteiger partial charge in [-0.3, -0.25) is 38.4 Å². The van der Waals surface area contributed by atoms with Crippen LogP contribution < -0.4 is 26.6 Å². The van der Waals surface area contributed by atoms with E-state index in [1.165, 1.54) is 26.1 Å². The van der Waals surface area contributed by atoms with Gasteiger partial charge in [-0.15, -0.1) is 0 Å². The van der Waals surface area contributed by atoms with Crippen LogP contribution in [0.2, 0.25) is 0 Å². The van der Waals surface area contributed by atoms with Crippen molar-refractivity contribution in [1.29, 1.82) is 0 Å². The number of carboxylic acids is 1. The Balaban J connectivity index is 1.63. The van der Waals surface area contributed by atoms with E-state index < -0.39 is 120 Å². The number of benzene rings is 3. The number of likely N-dealkylation sites (N-methyl/N-ethyl adjacent to an activating group) is 1. The van der Waals surface area contributed by atoms with Crippen molar-refractivity contribution >= 4 is 53.3 Å². The van der Waals surface area contributed by atoms with Crippen molar-refractivity contribution in [2.24, 2.45) is 5.92 Å². The molecule has 9 unspecified atom stereocenters. The SMILES string of the molecule is CCCCCC(=O)NC(CC(=O)O)C(=O)NC1C(=O)NC(Cc2ccccc2)C(=O)NC2CCC(O)N(C2=O)C(Cc2ccccc2)C(=O)N(C)C(Cc2ccc(O)cc2)C(=O)NC(C(C)C)C(=O)OC1C. The zero-order valence-corrected chi connectivity index (χ0v) is 41.2. The molecule has 20 nitrogen and oxygen atoms in total. The predicted octanol–water partition coefficient (Wildman–Crippen LogP) is 1.64. The lowest BCUT2D eigenvalue weighted by Crippen LogP contribution is -2.65. The maximum absolute atomic E-state index is 15.1. The Kier molecular flexibility index (Phi) is 20.2. The number of rotatable bonds is 16. The highest BCUT2D eigenvalue weighted by molar-refractivity contribution is 5.99. The molecule has 5 rings (SSSR count). The molecule has 2 aliphatic heterocycles. The molecule has 2 fully saturated rings. The molecular weight excluding hydrogens is 931 g/mol. The largest absolute Gasteiger partial charge is 0.508 e. The standard InChI is InChI=1S/C52H67N7O13/c1-6-7-10-19-41(61)53-38(29-43(63)64)47(66)57-45-31(4)72-52(71)44(30(2)3)56-48(67)39(27-34-20-22-35(60)23-21-34)58(5)51(70)40(28-33-17-13-9-14-18-33)59-42(62)25-24-36(50(59)69)54-46(65)37(55-49(45)68)26-32-15-11-8-12-16-32/h8-9,11-18,20-23,30-31,36-40,42,44-45,60,62H,6-7,10,19,24-29H2,1-5H3,(H,53,61)(H,54,65)(H,55,68)(H,56,67)(H,57,66)(H,63,64). The number of aromatic hydroxyl groups is 1. The smallest absolute Gasteiger partial charge is 0.329 e. The van der Waals surface area contributed by atoms with Crippen LogP contribution in [0.25, 0.3) is 0 Å². The van der Waals surface area contributed by atoms with Crippen LogP contribution in [0, 0.1) is 5.92 Å². The normalized spacial score (nSPS) is 24.1. The molecule has 2 aliphatic rings. The van der Waals surface area contributed by atoms with Gasteiger partial charge in [-0.05, 0) is 60.9 Å². The lowest BCUT2D eigenvalue weighted by Gasteiger charge is -2.43. The molecule has 2 bridgehead atoms. The second-order valence-electron chi connectivity index (χ2n) is 18.7. The minimum absolute atomic E-state index is 0.0125. The molecule has 0 radical (unpaired) electrons. The van der Waals surface area contributed by atoms with Gasteiger partial charge in [0.15, 0.2) is 0 Å². The molecule has 0 spiro atoms. The summed E-state index contributed by atoms with van der Waals surface area (Å²) >= 11 is 0. The Hall–Kier alpha value is -7.35. The van der Waals surface area contributed by atoms with Crippen molar-refractivity contribution in [2.45, 2.75) is 147 Å². The number of aliphatic hydroxyl groups is 1. The van der Waals surface area contributed by atoms with Crippen molar-refractivity contribution in [3.05, 3.63) is 102 Å². The predicted molar refractivity (Wildman–Crippen MR) is 261 cm³/mol. The first-order valence-electron chi connectivity index (χ1n) is 24.3. The second-order valence-corrected chi connectivity index (χ2v) is 18.7. The Morgan fingerprint density at radius 2 is 1.35 bits per heavy atom. The van der Waals surface area contributed by atoms with Gasteiger partial charge >= 0.3 is 11.9 Å². The first kappa shape index (κ1) is 55.6. The summed E-state index contributed by atoms with van der Waals surface area (Å²) in [6.45, 7) is 6.39. The highest BCUT2D eigenvalue weighted by atomic mass is 16.5. The fourth-order valence-corrected chi connectivity index (χ4v) is 8.69. The fraction of sp³-hybridized carbons (Fsp3) is 0.481. The lowest BCUT2D eigenvalue weighted by molar-refractivity contribution is -0.165. The summed E-state index contributed by atoms with van der Waals surface area (Å²) in [5.41, 5.74) is 1.65.